The highest BCUT2D eigenvalue weighted by molar-refractivity contribution is 6.38. The van der Waals surface area contributed by atoms with Gasteiger partial charge in [0, 0.05) is 56.0 Å². The van der Waals surface area contributed by atoms with Gasteiger partial charge in [0.15, 0.2) is 0 Å². The smallest absolute Gasteiger partial charge is 0.224 e. The van der Waals surface area contributed by atoms with Crippen molar-refractivity contribution in [2.75, 3.05) is 42.5 Å². The van der Waals surface area contributed by atoms with Crippen molar-refractivity contribution in [1.82, 2.24) is 14.9 Å². The molecule has 1 aliphatic rings. The van der Waals surface area contributed by atoms with Crippen LogP contribution in [-0.2, 0) is 17.8 Å². The normalized spacial score (nSPS) is 13.8. The zero-order valence-corrected chi connectivity index (χ0v) is 22.6. The van der Waals surface area contributed by atoms with Crippen molar-refractivity contribution in [2.24, 2.45) is 0 Å². The number of piperazine rings is 1. The van der Waals surface area contributed by atoms with Crippen molar-refractivity contribution < 1.29 is 13.6 Å². The molecule has 1 amide bonds. The number of halogens is 3. The molecule has 4 aromatic rings. The average molecular weight is 556 g/mol. The Hall–Kier alpha value is -3.36. The van der Waals surface area contributed by atoms with Crippen molar-refractivity contribution in [3.8, 4) is 0 Å². The minimum atomic E-state index is -0.246. The van der Waals surface area contributed by atoms with Crippen LogP contribution in [0.5, 0.6) is 0 Å². The molecule has 0 atom stereocenters. The Kier molecular flexibility index (Phi) is 8.00. The van der Waals surface area contributed by atoms with Crippen LogP contribution in [0.3, 0.4) is 0 Å². The Morgan fingerprint density at radius 3 is 2.58 bits per heavy atom. The van der Waals surface area contributed by atoms with Gasteiger partial charge in [-0.25, -0.2) is 14.4 Å². The van der Waals surface area contributed by atoms with Crippen LogP contribution in [0.1, 0.15) is 24.9 Å². The largest absolute Gasteiger partial charge is 0.467 e. The molecule has 198 valence electrons. The SMILES string of the molecule is CCc1nc(N(CCC(=O)N2CCN(c3ccccc3F)CC2)Cc2ccco2)c2cc(Cl)cc(Cl)c2n1. The Balaban J connectivity index is 1.35. The molecular weight excluding hydrogens is 528 g/mol. The summed E-state index contributed by atoms with van der Waals surface area (Å²) >= 11 is 12.9. The van der Waals surface area contributed by atoms with Gasteiger partial charge in [0.05, 0.1) is 29.0 Å². The third-order valence-corrected chi connectivity index (χ3v) is 7.21. The second kappa shape index (κ2) is 11.6. The number of furan rings is 1. The molecular formula is C28H28Cl2FN5O2. The number of carbonyl (C=O) groups is 1. The van der Waals surface area contributed by atoms with E-state index >= 15 is 0 Å². The van der Waals surface area contributed by atoms with Crippen LogP contribution in [0.15, 0.2) is 59.2 Å². The average Bonchev–Trinajstić information content (AvgIpc) is 3.44. The standard InChI is InChI=1S/C28H28Cl2FN5O2/c1-2-25-32-27-21(16-19(29)17-22(27)30)28(33-25)36(18-20-6-5-15-38-20)10-9-26(37)35-13-11-34(12-14-35)24-8-4-3-7-23(24)31/h3-8,15-17H,2,9-14,18H2,1H3. The molecule has 5 rings (SSSR count). The van der Waals surface area contributed by atoms with Crippen LogP contribution in [0.4, 0.5) is 15.9 Å². The highest BCUT2D eigenvalue weighted by atomic mass is 35.5. The quantitative estimate of drug-likeness (QED) is 0.266. The zero-order valence-electron chi connectivity index (χ0n) is 21.0. The van der Waals surface area contributed by atoms with Gasteiger partial charge in [0.25, 0.3) is 0 Å². The van der Waals surface area contributed by atoms with Gasteiger partial charge in [-0.1, -0.05) is 42.3 Å². The highest BCUT2D eigenvalue weighted by Crippen LogP contribution is 2.33. The number of anilines is 2. The van der Waals surface area contributed by atoms with E-state index in [0.29, 0.717) is 78.6 Å². The van der Waals surface area contributed by atoms with Crippen LogP contribution in [0.2, 0.25) is 10.0 Å². The molecule has 0 saturated carbocycles. The molecule has 7 nitrogen and oxygen atoms in total. The second-order valence-electron chi connectivity index (χ2n) is 9.17. The van der Waals surface area contributed by atoms with Crippen molar-refractivity contribution in [1.29, 1.82) is 0 Å². The minimum Gasteiger partial charge on any atom is -0.467 e. The molecule has 1 aliphatic heterocycles. The molecule has 1 saturated heterocycles. The summed E-state index contributed by atoms with van der Waals surface area (Å²) in [4.78, 5) is 28.5. The van der Waals surface area contributed by atoms with E-state index in [0.717, 1.165) is 11.1 Å². The summed E-state index contributed by atoms with van der Waals surface area (Å²) in [5, 5.41) is 1.66. The number of carbonyl (C=O) groups excluding carboxylic acids is 1. The minimum absolute atomic E-state index is 0.0350. The molecule has 2 aromatic heterocycles. The number of benzene rings is 2. The van der Waals surface area contributed by atoms with Crippen LogP contribution in [0, 0.1) is 5.82 Å². The van der Waals surface area contributed by atoms with Gasteiger partial charge < -0.3 is 19.1 Å². The fourth-order valence-corrected chi connectivity index (χ4v) is 5.27. The first-order valence-electron chi connectivity index (χ1n) is 12.6. The fraction of sp³-hybridized carbons (Fsp3) is 0.321. The lowest BCUT2D eigenvalue weighted by atomic mass is 10.2. The van der Waals surface area contributed by atoms with Crippen LogP contribution in [-0.4, -0.2) is 53.5 Å². The van der Waals surface area contributed by atoms with E-state index in [4.69, 9.17) is 32.6 Å². The van der Waals surface area contributed by atoms with Crippen molar-refractivity contribution in [3.05, 3.63) is 82.2 Å². The Bertz CT molecular complexity index is 1420. The Labute approximate surface area is 230 Å². The first kappa shape index (κ1) is 26.3. The van der Waals surface area contributed by atoms with Gasteiger partial charge in [-0.2, -0.15) is 0 Å². The monoisotopic (exact) mass is 555 g/mol. The summed E-state index contributed by atoms with van der Waals surface area (Å²) < 4.78 is 19.8. The molecule has 38 heavy (non-hydrogen) atoms. The molecule has 0 N–H and O–H groups in total. The van der Waals surface area contributed by atoms with E-state index < -0.39 is 0 Å². The summed E-state index contributed by atoms with van der Waals surface area (Å²) in [5.74, 6) is 1.84. The summed E-state index contributed by atoms with van der Waals surface area (Å²) in [6.45, 7) is 5.04. The maximum absolute atomic E-state index is 14.2. The number of fused-ring (bicyclic) bond motifs is 1. The number of aromatic nitrogens is 2. The Morgan fingerprint density at radius 2 is 1.87 bits per heavy atom. The number of para-hydroxylation sites is 1. The van der Waals surface area contributed by atoms with E-state index in [1.54, 1.807) is 30.5 Å². The first-order valence-corrected chi connectivity index (χ1v) is 13.4. The van der Waals surface area contributed by atoms with E-state index in [1.165, 1.54) is 6.07 Å². The van der Waals surface area contributed by atoms with Gasteiger partial charge in [0.1, 0.15) is 23.2 Å². The summed E-state index contributed by atoms with van der Waals surface area (Å²) in [5.41, 5.74) is 1.20. The molecule has 10 heteroatoms. The summed E-state index contributed by atoms with van der Waals surface area (Å²) in [6, 6.07) is 13.9. The molecule has 0 unspecified atom stereocenters. The second-order valence-corrected chi connectivity index (χ2v) is 10.0. The fourth-order valence-electron chi connectivity index (χ4n) is 4.73. The summed E-state index contributed by atoms with van der Waals surface area (Å²) in [6.07, 6.45) is 2.53. The maximum atomic E-state index is 14.2. The van der Waals surface area contributed by atoms with Crippen LogP contribution in [0.25, 0.3) is 10.9 Å². The molecule has 0 radical (unpaired) electrons. The van der Waals surface area contributed by atoms with Crippen molar-refractivity contribution in [2.45, 2.75) is 26.3 Å². The van der Waals surface area contributed by atoms with Crippen molar-refractivity contribution >= 4 is 51.5 Å². The van der Waals surface area contributed by atoms with Gasteiger partial charge in [-0.15, -0.1) is 0 Å². The third-order valence-electron chi connectivity index (χ3n) is 6.71. The topological polar surface area (TPSA) is 65.7 Å². The number of aryl methyl sites for hydroxylation is 1. The molecule has 0 spiro atoms. The lowest BCUT2D eigenvalue weighted by molar-refractivity contribution is -0.131. The number of rotatable bonds is 8. The van der Waals surface area contributed by atoms with Crippen molar-refractivity contribution in [3.63, 3.8) is 0 Å². The van der Waals surface area contributed by atoms with Gasteiger partial charge in [0.2, 0.25) is 5.91 Å². The van der Waals surface area contributed by atoms with Crippen LogP contribution >= 0.6 is 23.2 Å². The van der Waals surface area contributed by atoms with Gasteiger partial charge in [-0.3, -0.25) is 4.79 Å². The third kappa shape index (κ3) is 5.71. The molecule has 0 aliphatic carbocycles. The van der Waals surface area contributed by atoms with Gasteiger partial charge >= 0.3 is 0 Å². The zero-order chi connectivity index (χ0) is 26.6. The van der Waals surface area contributed by atoms with E-state index in [-0.39, 0.29) is 18.1 Å². The number of hydrogen-bond acceptors (Lipinski definition) is 6. The van der Waals surface area contributed by atoms with Crippen LogP contribution < -0.4 is 9.80 Å². The van der Waals surface area contributed by atoms with E-state index in [9.17, 15) is 9.18 Å². The van der Waals surface area contributed by atoms with Gasteiger partial charge in [-0.05, 0) is 36.4 Å². The lowest BCUT2D eigenvalue weighted by Crippen LogP contribution is -2.49. The van der Waals surface area contributed by atoms with E-state index in [1.807, 2.05) is 39.8 Å². The maximum Gasteiger partial charge on any atom is 0.224 e. The number of nitrogens with zero attached hydrogens (tertiary/aromatic N) is 5. The lowest BCUT2D eigenvalue weighted by Gasteiger charge is -2.36. The predicted octanol–water partition coefficient (Wildman–Crippen LogP) is 5.98. The number of amides is 1. The predicted molar refractivity (Wildman–Crippen MR) is 149 cm³/mol. The molecule has 2 aromatic carbocycles. The molecule has 1 fully saturated rings. The molecule has 3 heterocycles. The first-order chi connectivity index (χ1) is 18.4. The molecule has 0 bridgehead atoms. The highest BCUT2D eigenvalue weighted by Gasteiger charge is 2.24. The number of hydrogen-bond donors (Lipinski definition) is 0. The Morgan fingerprint density at radius 1 is 1.08 bits per heavy atom. The summed E-state index contributed by atoms with van der Waals surface area (Å²) in [7, 11) is 0. The van der Waals surface area contributed by atoms with E-state index in [2.05, 4.69) is 4.98 Å².